The summed E-state index contributed by atoms with van der Waals surface area (Å²) < 4.78 is 0. The van der Waals surface area contributed by atoms with Crippen molar-refractivity contribution in [2.75, 3.05) is 6.67 Å². The van der Waals surface area contributed by atoms with Gasteiger partial charge in [-0.15, -0.1) is 0 Å². The van der Waals surface area contributed by atoms with Gasteiger partial charge in [0.25, 0.3) is 0 Å². The first-order chi connectivity index (χ1) is 5.36. The van der Waals surface area contributed by atoms with E-state index in [0.29, 0.717) is 6.67 Å². The van der Waals surface area contributed by atoms with Crippen molar-refractivity contribution in [2.45, 2.75) is 0 Å². The van der Waals surface area contributed by atoms with E-state index in [1.807, 2.05) is 0 Å². The van der Waals surface area contributed by atoms with Gasteiger partial charge >= 0.3 is 0 Å². The highest BCUT2D eigenvalue weighted by molar-refractivity contribution is 6.29. The second-order valence-corrected chi connectivity index (χ2v) is 2.33. The third-order valence-electron chi connectivity index (χ3n) is 1.55. The van der Waals surface area contributed by atoms with Crippen molar-refractivity contribution in [1.82, 2.24) is 0 Å². The van der Waals surface area contributed by atoms with E-state index >= 15 is 0 Å². The molecule has 0 saturated carbocycles. The van der Waals surface area contributed by atoms with Gasteiger partial charge in [-0.2, -0.15) is 0 Å². The fraction of sp³-hybridized carbons (Fsp3) is 0.125. The van der Waals surface area contributed by atoms with E-state index in [1.54, 1.807) is 18.4 Å². The molecule has 3 nitrogen and oxygen atoms in total. The van der Waals surface area contributed by atoms with E-state index in [4.69, 9.17) is 0 Å². The van der Waals surface area contributed by atoms with Gasteiger partial charge in [0.05, 0.1) is 5.71 Å². The Kier molecular flexibility index (Phi) is 1.28. The van der Waals surface area contributed by atoms with Gasteiger partial charge in [-0.3, -0.25) is 14.8 Å². The average Bonchev–Trinajstić information content (AvgIpc) is 2.04. The zero-order valence-corrected chi connectivity index (χ0v) is 5.82. The van der Waals surface area contributed by atoms with Gasteiger partial charge < -0.3 is 0 Å². The van der Waals surface area contributed by atoms with Crippen LogP contribution in [0.1, 0.15) is 0 Å². The summed E-state index contributed by atoms with van der Waals surface area (Å²) in [6.07, 6.45) is 6.47. The molecule has 0 radical (unpaired) electrons. The number of hydrogen-bond acceptors (Lipinski definition) is 3. The predicted molar refractivity (Wildman–Crippen MR) is 43.0 cm³/mol. The molecule has 0 aromatic carbocycles. The molecular formula is C8H6N2O. The van der Waals surface area contributed by atoms with Crippen LogP contribution in [0.3, 0.4) is 0 Å². The number of carbonyl (C=O) groups is 1. The summed E-state index contributed by atoms with van der Waals surface area (Å²) >= 11 is 0. The molecule has 54 valence electrons. The van der Waals surface area contributed by atoms with Gasteiger partial charge in [-0.25, -0.2) is 0 Å². The summed E-state index contributed by atoms with van der Waals surface area (Å²) in [5, 5.41) is 0. The van der Waals surface area contributed by atoms with Gasteiger partial charge in [-0.05, 0) is 18.2 Å². The summed E-state index contributed by atoms with van der Waals surface area (Å²) in [6, 6.07) is 0. The highest BCUT2D eigenvalue weighted by Gasteiger charge is 2.10. The summed E-state index contributed by atoms with van der Waals surface area (Å²) in [6.45, 7) is 0.477. The van der Waals surface area contributed by atoms with Crippen molar-refractivity contribution in [3.05, 3.63) is 23.8 Å². The van der Waals surface area contributed by atoms with Crippen LogP contribution in [0.5, 0.6) is 0 Å². The number of fused-ring (bicyclic) bond motifs is 1. The Labute approximate surface area is 63.9 Å². The second kappa shape index (κ2) is 2.27. The molecular weight excluding hydrogens is 140 g/mol. The molecule has 0 fully saturated rings. The number of ketones is 1. The lowest BCUT2D eigenvalue weighted by Crippen LogP contribution is -2.12. The molecule has 0 spiro atoms. The first kappa shape index (κ1) is 6.22. The van der Waals surface area contributed by atoms with E-state index in [1.165, 1.54) is 6.08 Å². The number of allylic oxidation sites excluding steroid dienone is 4. The maximum Gasteiger partial charge on any atom is 0.179 e. The van der Waals surface area contributed by atoms with Gasteiger partial charge in [0.15, 0.2) is 5.78 Å². The van der Waals surface area contributed by atoms with Crippen LogP contribution in [0.25, 0.3) is 0 Å². The third kappa shape index (κ3) is 1.05. The van der Waals surface area contributed by atoms with Crippen molar-refractivity contribution in [2.24, 2.45) is 9.98 Å². The molecule has 1 aliphatic carbocycles. The van der Waals surface area contributed by atoms with E-state index in [9.17, 15) is 4.79 Å². The Morgan fingerprint density at radius 3 is 3.18 bits per heavy atom. The molecule has 0 amide bonds. The van der Waals surface area contributed by atoms with Crippen LogP contribution in [0.4, 0.5) is 0 Å². The lowest BCUT2D eigenvalue weighted by atomic mass is 10.0. The van der Waals surface area contributed by atoms with Crippen LogP contribution in [-0.2, 0) is 4.79 Å². The normalized spacial score (nSPS) is 20.9. The lowest BCUT2D eigenvalue weighted by molar-refractivity contribution is -0.110. The lowest BCUT2D eigenvalue weighted by Gasteiger charge is -2.08. The molecule has 2 aliphatic rings. The van der Waals surface area contributed by atoms with Crippen LogP contribution in [0.15, 0.2) is 33.8 Å². The van der Waals surface area contributed by atoms with Crippen LogP contribution in [0, 0.1) is 0 Å². The minimum absolute atomic E-state index is 0.00676. The molecule has 3 heteroatoms. The molecule has 0 saturated heterocycles. The molecule has 11 heavy (non-hydrogen) atoms. The Bertz CT molecular complexity index is 321. The van der Waals surface area contributed by atoms with Gasteiger partial charge in [0.2, 0.25) is 0 Å². The van der Waals surface area contributed by atoms with E-state index in [-0.39, 0.29) is 5.78 Å². The van der Waals surface area contributed by atoms with Crippen molar-refractivity contribution < 1.29 is 4.79 Å². The Hall–Kier alpha value is -1.51. The number of carbonyl (C=O) groups excluding carboxylic acids is 1. The van der Waals surface area contributed by atoms with Crippen molar-refractivity contribution in [3.8, 4) is 0 Å². The minimum atomic E-state index is 0.00676. The zero-order valence-electron chi connectivity index (χ0n) is 5.82. The standard InChI is InChI=1S/C8H6N2O/c11-7-1-2-8-6(3-7)4-9-5-10-8/h1-4H,5H2. The SMILES string of the molecule is O=C1C=CC2=NCN=CC2=C1. The summed E-state index contributed by atoms with van der Waals surface area (Å²) in [5.74, 6) is 0.00676. The second-order valence-electron chi connectivity index (χ2n) is 2.33. The van der Waals surface area contributed by atoms with Crippen molar-refractivity contribution >= 4 is 17.7 Å². The first-order valence-electron chi connectivity index (χ1n) is 3.35. The quantitative estimate of drug-likeness (QED) is 0.460. The highest BCUT2D eigenvalue weighted by Crippen LogP contribution is 2.07. The molecule has 0 N–H and O–H groups in total. The van der Waals surface area contributed by atoms with Crippen LogP contribution < -0.4 is 0 Å². The maximum atomic E-state index is 10.8. The van der Waals surface area contributed by atoms with E-state index in [2.05, 4.69) is 9.98 Å². The Morgan fingerprint density at radius 1 is 1.36 bits per heavy atom. The van der Waals surface area contributed by atoms with Crippen LogP contribution >= 0.6 is 0 Å². The zero-order chi connectivity index (χ0) is 7.68. The smallest absolute Gasteiger partial charge is 0.179 e. The van der Waals surface area contributed by atoms with E-state index < -0.39 is 0 Å². The molecule has 0 atom stereocenters. The van der Waals surface area contributed by atoms with Crippen LogP contribution in [0.2, 0.25) is 0 Å². The predicted octanol–water partition coefficient (Wildman–Crippen LogP) is 0.535. The summed E-state index contributed by atoms with van der Waals surface area (Å²) in [7, 11) is 0. The van der Waals surface area contributed by atoms with Gasteiger partial charge in [-0.1, -0.05) is 0 Å². The monoisotopic (exact) mass is 146 g/mol. The third-order valence-corrected chi connectivity index (χ3v) is 1.55. The Balaban J connectivity index is 2.44. The summed E-state index contributed by atoms with van der Waals surface area (Å²) in [4.78, 5) is 18.9. The minimum Gasteiger partial charge on any atom is -0.290 e. The van der Waals surface area contributed by atoms with Gasteiger partial charge in [0, 0.05) is 11.8 Å². The molecule has 2 rings (SSSR count). The molecule has 0 unspecified atom stereocenters. The topological polar surface area (TPSA) is 41.8 Å². The fourth-order valence-electron chi connectivity index (χ4n) is 1.04. The van der Waals surface area contributed by atoms with Crippen molar-refractivity contribution in [1.29, 1.82) is 0 Å². The molecule has 0 aromatic rings. The number of rotatable bonds is 0. The highest BCUT2D eigenvalue weighted by atomic mass is 16.1. The maximum absolute atomic E-state index is 10.8. The van der Waals surface area contributed by atoms with Crippen LogP contribution in [-0.4, -0.2) is 24.4 Å². The van der Waals surface area contributed by atoms with Crippen molar-refractivity contribution in [3.63, 3.8) is 0 Å². The average molecular weight is 146 g/mol. The number of hydrogen-bond donors (Lipinski definition) is 0. The number of aliphatic imine (C=N–C) groups is 2. The van der Waals surface area contributed by atoms with Gasteiger partial charge in [0.1, 0.15) is 6.67 Å². The first-order valence-corrected chi connectivity index (χ1v) is 3.35. The Morgan fingerprint density at radius 2 is 2.27 bits per heavy atom. The number of nitrogens with zero attached hydrogens (tertiary/aromatic N) is 2. The summed E-state index contributed by atoms with van der Waals surface area (Å²) in [5.41, 5.74) is 1.68. The molecule has 1 heterocycles. The molecule has 0 aromatic heterocycles. The van der Waals surface area contributed by atoms with E-state index in [0.717, 1.165) is 11.3 Å². The fourth-order valence-corrected chi connectivity index (χ4v) is 1.04. The largest absolute Gasteiger partial charge is 0.290 e. The molecule has 1 aliphatic heterocycles. The molecule has 0 bridgehead atoms.